The lowest BCUT2D eigenvalue weighted by Gasteiger charge is -2.43. The second-order valence-electron chi connectivity index (χ2n) is 7.40. The lowest BCUT2D eigenvalue weighted by molar-refractivity contribution is -0.341. The van der Waals surface area contributed by atoms with Crippen LogP contribution in [0.4, 0.5) is 0 Å². The number of aliphatic hydroxyl groups is 4. The van der Waals surface area contributed by atoms with Crippen molar-refractivity contribution in [2.75, 3.05) is 6.61 Å². The van der Waals surface area contributed by atoms with Gasteiger partial charge in [-0.15, -0.1) is 0 Å². The molecular formula is C19H36O7. The van der Waals surface area contributed by atoms with E-state index in [9.17, 15) is 25.2 Å². The molecule has 0 amide bonds. The van der Waals surface area contributed by atoms with Gasteiger partial charge in [-0.25, -0.2) is 0 Å². The molecule has 5 atom stereocenters. The van der Waals surface area contributed by atoms with Crippen molar-refractivity contribution in [3.8, 4) is 0 Å². The first-order valence-electron chi connectivity index (χ1n) is 9.89. The molecule has 0 radical (unpaired) electrons. The summed E-state index contributed by atoms with van der Waals surface area (Å²) in [7, 11) is 0. The Balaban J connectivity index is 2.13. The molecule has 0 aromatic heterocycles. The molecule has 0 bridgehead atoms. The summed E-state index contributed by atoms with van der Waals surface area (Å²) in [6, 6.07) is 0. The molecule has 0 unspecified atom stereocenters. The largest absolute Gasteiger partial charge is 0.463 e. The van der Waals surface area contributed by atoms with Gasteiger partial charge in [-0.3, -0.25) is 4.79 Å². The number of ether oxygens (including phenoxy) is 2. The third-order valence-corrected chi connectivity index (χ3v) is 4.89. The highest BCUT2D eigenvalue weighted by Gasteiger charge is 2.50. The molecule has 1 saturated heterocycles. The number of hydrogen-bond acceptors (Lipinski definition) is 7. The van der Waals surface area contributed by atoms with Crippen LogP contribution in [-0.4, -0.2) is 63.2 Å². The van der Waals surface area contributed by atoms with Gasteiger partial charge < -0.3 is 29.9 Å². The van der Waals surface area contributed by atoms with Gasteiger partial charge in [0.25, 0.3) is 0 Å². The Kier molecular flexibility index (Phi) is 10.6. The van der Waals surface area contributed by atoms with Crippen molar-refractivity contribution >= 4 is 5.97 Å². The average molecular weight is 376 g/mol. The van der Waals surface area contributed by atoms with Crippen LogP contribution in [-0.2, 0) is 14.3 Å². The molecule has 1 heterocycles. The summed E-state index contributed by atoms with van der Waals surface area (Å²) in [5.74, 6) is -2.41. The van der Waals surface area contributed by atoms with Gasteiger partial charge in [0.2, 0.25) is 0 Å². The number of rotatable bonds is 12. The van der Waals surface area contributed by atoms with Crippen LogP contribution >= 0.6 is 0 Å². The fourth-order valence-corrected chi connectivity index (χ4v) is 3.13. The van der Waals surface area contributed by atoms with E-state index in [4.69, 9.17) is 9.47 Å². The van der Waals surface area contributed by atoms with Gasteiger partial charge in [-0.05, 0) is 13.3 Å². The Labute approximate surface area is 156 Å². The quantitative estimate of drug-likeness (QED) is 0.302. The maximum Gasteiger partial charge on any atom is 0.305 e. The maximum atomic E-state index is 11.8. The van der Waals surface area contributed by atoms with Crippen LogP contribution in [0.1, 0.15) is 78.1 Å². The average Bonchev–Trinajstić information content (AvgIpc) is 2.60. The zero-order valence-corrected chi connectivity index (χ0v) is 16.1. The Hall–Kier alpha value is -0.730. The molecule has 0 spiro atoms. The third kappa shape index (κ3) is 7.88. The van der Waals surface area contributed by atoms with Gasteiger partial charge >= 0.3 is 5.97 Å². The van der Waals surface area contributed by atoms with E-state index in [1.54, 1.807) is 0 Å². The molecule has 1 fully saturated rings. The normalized spacial score (nSPS) is 31.8. The minimum atomic E-state index is -2.01. The molecule has 7 heteroatoms. The van der Waals surface area contributed by atoms with Gasteiger partial charge in [0.05, 0.1) is 0 Å². The summed E-state index contributed by atoms with van der Waals surface area (Å²) >= 11 is 0. The van der Waals surface area contributed by atoms with Crippen LogP contribution < -0.4 is 0 Å². The Morgan fingerprint density at radius 3 is 2.08 bits per heavy atom. The van der Waals surface area contributed by atoms with Crippen LogP contribution in [0.2, 0.25) is 0 Å². The topological polar surface area (TPSA) is 116 Å². The molecule has 1 aliphatic heterocycles. The van der Waals surface area contributed by atoms with Crippen molar-refractivity contribution in [2.24, 2.45) is 0 Å². The monoisotopic (exact) mass is 376 g/mol. The number of carbonyl (C=O) groups excluding carboxylic acids is 1. The molecule has 0 aromatic rings. The first-order chi connectivity index (χ1) is 12.3. The minimum Gasteiger partial charge on any atom is -0.463 e. The predicted molar refractivity (Wildman–Crippen MR) is 96.3 cm³/mol. The summed E-state index contributed by atoms with van der Waals surface area (Å²) < 4.78 is 10.2. The van der Waals surface area contributed by atoms with Crippen molar-refractivity contribution < 1.29 is 34.7 Å². The van der Waals surface area contributed by atoms with Crippen LogP contribution in [0.25, 0.3) is 0 Å². The highest BCUT2D eigenvalue weighted by atomic mass is 16.7. The van der Waals surface area contributed by atoms with Crippen LogP contribution in [0.5, 0.6) is 0 Å². The van der Waals surface area contributed by atoms with Crippen LogP contribution in [0.3, 0.4) is 0 Å². The number of unbranched alkanes of at least 4 members (excludes halogenated alkanes) is 8. The van der Waals surface area contributed by atoms with E-state index >= 15 is 0 Å². The molecule has 0 aromatic carbocycles. The Morgan fingerprint density at radius 2 is 1.50 bits per heavy atom. The van der Waals surface area contributed by atoms with Crippen molar-refractivity contribution in [2.45, 2.75) is 108 Å². The molecule has 0 aliphatic carbocycles. The van der Waals surface area contributed by atoms with Crippen molar-refractivity contribution in [3.63, 3.8) is 0 Å². The second-order valence-corrected chi connectivity index (χ2v) is 7.40. The summed E-state index contributed by atoms with van der Waals surface area (Å²) in [6.45, 7) is 3.11. The summed E-state index contributed by atoms with van der Waals surface area (Å²) in [5, 5.41) is 39.1. The van der Waals surface area contributed by atoms with Crippen molar-refractivity contribution in [1.29, 1.82) is 0 Å². The highest BCUT2D eigenvalue weighted by Crippen LogP contribution is 2.27. The van der Waals surface area contributed by atoms with Gasteiger partial charge in [0.1, 0.15) is 31.0 Å². The Bertz CT molecular complexity index is 399. The zero-order valence-electron chi connectivity index (χ0n) is 16.1. The number of esters is 1. The van der Waals surface area contributed by atoms with Crippen molar-refractivity contribution in [3.05, 3.63) is 0 Å². The van der Waals surface area contributed by atoms with E-state index in [1.165, 1.54) is 45.4 Å². The lowest BCUT2D eigenvalue weighted by Crippen LogP contribution is -2.64. The van der Waals surface area contributed by atoms with Crippen LogP contribution in [0.15, 0.2) is 0 Å². The number of hydrogen-bond donors (Lipinski definition) is 4. The standard InChI is InChI=1S/C19H36O7/c1-3-4-5-6-7-8-9-10-11-12-15(20)25-13-14-16(21)17(22)18(23)19(2,24)26-14/h14,16-18,21-24H,3-13H2,1-2H3/t14-,16-,17+,18-,19+/m1/s1. The van der Waals surface area contributed by atoms with E-state index in [2.05, 4.69) is 6.92 Å². The molecule has 26 heavy (non-hydrogen) atoms. The zero-order chi connectivity index (χ0) is 19.6. The molecule has 1 aliphatic rings. The second kappa shape index (κ2) is 11.9. The lowest BCUT2D eigenvalue weighted by atomic mass is 9.94. The fraction of sp³-hybridized carbons (Fsp3) is 0.947. The smallest absolute Gasteiger partial charge is 0.305 e. The van der Waals surface area contributed by atoms with Gasteiger partial charge in [-0.1, -0.05) is 58.3 Å². The molecular weight excluding hydrogens is 340 g/mol. The number of aliphatic hydroxyl groups excluding tert-OH is 3. The molecule has 0 saturated carbocycles. The SMILES string of the molecule is CCCCCCCCCCCC(=O)OC[C@H]1O[C@](C)(O)[C@H](O)[C@@H](O)[C@@H]1O. The first-order valence-corrected chi connectivity index (χ1v) is 9.89. The van der Waals surface area contributed by atoms with E-state index in [-0.39, 0.29) is 6.61 Å². The number of carbonyl (C=O) groups is 1. The first kappa shape index (κ1) is 23.3. The van der Waals surface area contributed by atoms with Gasteiger partial charge in [0, 0.05) is 6.42 Å². The predicted octanol–water partition coefficient (Wildman–Crippen LogP) is 1.64. The Morgan fingerprint density at radius 1 is 0.962 bits per heavy atom. The molecule has 154 valence electrons. The van der Waals surface area contributed by atoms with E-state index < -0.39 is 36.2 Å². The van der Waals surface area contributed by atoms with Gasteiger partial charge in [0.15, 0.2) is 5.79 Å². The summed E-state index contributed by atoms with van der Waals surface area (Å²) in [4.78, 5) is 11.8. The van der Waals surface area contributed by atoms with Gasteiger partial charge in [-0.2, -0.15) is 0 Å². The minimum absolute atomic E-state index is 0.280. The van der Waals surface area contributed by atoms with E-state index in [0.29, 0.717) is 6.42 Å². The molecule has 1 rings (SSSR count). The van der Waals surface area contributed by atoms with E-state index in [0.717, 1.165) is 19.3 Å². The third-order valence-electron chi connectivity index (χ3n) is 4.89. The molecule has 4 N–H and O–H groups in total. The summed E-state index contributed by atoms with van der Waals surface area (Å²) in [5.41, 5.74) is 0. The van der Waals surface area contributed by atoms with E-state index in [1.807, 2.05) is 0 Å². The maximum absolute atomic E-state index is 11.8. The van der Waals surface area contributed by atoms with Crippen molar-refractivity contribution in [1.82, 2.24) is 0 Å². The molecule has 7 nitrogen and oxygen atoms in total. The summed E-state index contributed by atoms with van der Waals surface area (Å²) in [6.07, 6.45) is 4.97. The fourth-order valence-electron chi connectivity index (χ4n) is 3.13. The van der Waals surface area contributed by atoms with Crippen LogP contribution in [0, 0.1) is 0 Å². The highest BCUT2D eigenvalue weighted by molar-refractivity contribution is 5.69.